The Labute approximate surface area is 97.3 Å². The Hall–Kier alpha value is -1.06. The molecule has 0 aliphatic heterocycles. The average molecular weight is 224 g/mol. The molecule has 1 aromatic rings. The third-order valence-electron chi connectivity index (χ3n) is 2.28. The molecule has 0 aromatic heterocycles. The smallest absolute Gasteiger partial charge is 0.161 e. The Morgan fingerprint density at radius 2 is 1.69 bits per heavy atom. The van der Waals surface area contributed by atoms with Gasteiger partial charge in [0, 0.05) is 19.6 Å². The van der Waals surface area contributed by atoms with Crippen LogP contribution in [0.1, 0.15) is 19.4 Å². The Kier molecular flexibility index (Phi) is 5.90. The van der Waals surface area contributed by atoms with E-state index in [0.717, 1.165) is 11.3 Å². The van der Waals surface area contributed by atoms with Crippen LogP contribution in [0, 0.1) is 0 Å². The Morgan fingerprint density at radius 1 is 1.06 bits per heavy atom. The lowest BCUT2D eigenvalue weighted by Crippen LogP contribution is -2.20. The van der Waals surface area contributed by atoms with E-state index in [1.807, 2.05) is 38.1 Å². The number of benzene rings is 1. The molecule has 0 saturated heterocycles. The van der Waals surface area contributed by atoms with Gasteiger partial charge in [0.2, 0.25) is 0 Å². The summed E-state index contributed by atoms with van der Waals surface area (Å²) in [6.45, 7) is 5.24. The Balaban J connectivity index is 2.67. The standard InChI is InChI=1S/C13H20O3/c1-4-15-13(16-5-2)10-11-8-6-7-9-12(11)14-3/h6-9,13H,4-5,10H2,1-3H3. The summed E-state index contributed by atoms with van der Waals surface area (Å²) in [6.07, 6.45) is 0.525. The van der Waals surface area contributed by atoms with Gasteiger partial charge < -0.3 is 14.2 Å². The van der Waals surface area contributed by atoms with Gasteiger partial charge in [-0.3, -0.25) is 0 Å². The van der Waals surface area contributed by atoms with Crippen molar-refractivity contribution in [1.82, 2.24) is 0 Å². The molecule has 3 heteroatoms. The third-order valence-corrected chi connectivity index (χ3v) is 2.28. The highest BCUT2D eigenvalue weighted by Crippen LogP contribution is 2.20. The minimum atomic E-state index is -0.189. The molecule has 0 saturated carbocycles. The molecule has 0 spiro atoms. The highest BCUT2D eigenvalue weighted by molar-refractivity contribution is 5.33. The average Bonchev–Trinajstić information content (AvgIpc) is 2.30. The van der Waals surface area contributed by atoms with Crippen LogP contribution in [0.25, 0.3) is 0 Å². The SMILES string of the molecule is CCOC(Cc1ccccc1OC)OCC. The van der Waals surface area contributed by atoms with Crippen LogP contribution in [0.4, 0.5) is 0 Å². The third kappa shape index (κ3) is 3.83. The molecule has 16 heavy (non-hydrogen) atoms. The van der Waals surface area contributed by atoms with Crippen molar-refractivity contribution in [2.45, 2.75) is 26.6 Å². The number of ether oxygens (including phenoxy) is 3. The molecule has 0 radical (unpaired) electrons. The lowest BCUT2D eigenvalue weighted by atomic mass is 10.1. The maximum absolute atomic E-state index is 5.51. The van der Waals surface area contributed by atoms with Gasteiger partial charge in [-0.05, 0) is 25.5 Å². The number of rotatable bonds is 7. The molecular weight excluding hydrogens is 204 g/mol. The van der Waals surface area contributed by atoms with Crippen molar-refractivity contribution in [3.8, 4) is 5.75 Å². The minimum Gasteiger partial charge on any atom is -0.496 e. The zero-order valence-electron chi connectivity index (χ0n) is 10.2. The van der Waals surface area contributed by atoms with Crippen molar-refractivity contribution >= 4 is 0 Å². The number of hydrogen-bond acceptors (Lipinski definition) is 3. The molecular formula is C13H20O3. The van der Waals surface area contributed by atoms with Crippen LogP contribution in [0.15, 0.2) is 24.3 Å². The first kappa shape index (κ1) is 13.0. The van der Waals surface area contributed by atoms with Crippen molar-refractivity contribution in [3.63, 3.8) is 0 Å². The minimum absolute atomic E-state index is 0.189. The van der Waals surface area contributed by atoms with Gasteiger partial charge >= 0.3 is 0 Å². The van der Waals surface area contributed by atoms with Crippen LogP contribution in [-0.4, -0.2) is 26.6 Å². The first-order chi connectivity index (χ1) is 7.81. The van der Waals surface area contributed by atoms with E-state index in [0.29, 0.717) is 19.6 Å². The van der Waals surface area contributed by atoms with E-state index in [1.54, 1.807) is 7.11 Å². The molecule has 3 nitrogen and oxygen atoms in total. The zero-order valence-corrected chi connectivity index (χ0v) is 10.2. The van der Waals surface area contributed by atoms with Crippen LogP contribution in [0.2, 0.25) is 0 Å². The molecule has 0 amide bonds. The second kappa shape index (κ2) is 7.25. The first-order valence-corrected chi connectivity index (χ1v) is 5.66. The summed E-state index contributed by atoms with van der Waals surface area (Å²) in [5.74, 6) is 0.881. The van der Waals surface area contributed by atoms with E-state index < -0.39 is 0 Å². The molecule has 0 atom stereocenters. The van der Waals surface area contributed by atoms with Crippen molar-refractivity contribution < 1.29 is 14.2 Å². The molecule has 0 unspecified atom stereocenters. The van der Waals surface area contributed by atoms with Crippen LogP contribution in [-0.2, 0) is 15.9 Å². The van der Waals surface area contributed by atoms with Crippen molar-refractivity contribution in [2.75, 3.05) is 20.3 Å². The lowest BCUT2D eigenvalue weighted by molar-refractivity contribution is -0.134. The number of para-hydroxylation sites is 1. The van der Waals surface area contributed by atoms with Crippen LogP contribution in [0.5, 0.6) is 5.75 Å². The van der Waals surface area contributed by atoms with E-state index >= 15 is 0 Å². The molecule has 0 heterocycles. The van der Waals surface area contributed by atoms with Gasteiger partial charge in [0.15, 0.2) is 6.29 Å². The summed E-state index contributed by atoms with van der Waals surface area (Å²) in [6, 6.07) is 7.93. The molecule has 90 valence electrons. The van der Waals surface area contributed by atoms with Crippen molar-refractivity contribution in [2.24, 2.45) is 0 Å². The van der Waals surface area contributed by atoms with E-state index in [4.69, 9.17) is 14.2 Å². The predicted octanol–water partition coefficient (Wildman–Crippen LogP) is 2.64. The molecule has 0 aliphatic rings. The van der Waals surface area contributed by atoms with Crippen molar-refractivity contribution in [1.29, 1.82) is 0 Å². The molecule has 0 fully saturated rings. The molecule has 1 aromatic carbocycles. The predicted molar refractivity (Wildman–Crippen MR) is 63.7 cm³/mol. The highest BCUT2D eigenvalue weighted by atomic mass is 16.7. The summed E-state index contributed by atoms with van der Waals surface area (Å²) in [5.41, 5.74) is 1.11. The summed E-state index contributed by atoms with van der Waals surface area (Å²) >= 11 is 0. The second-order valence-corrected chi connectivity index (χ2v) is 3.36. The summed E-state index contributed by atoms with van der Waals surface area (Å²) in [7, 11) is 1.68. The molecule has 0 N–H and O–H groups in total. The van der Waals surface area contributed by atoms with Gasteiger partial charge in [0.1, 0.15) is 5.75 Å². The summed E-state index contributed by atoms with van der Waals surface area (Å²) < 4.78 is 16.3. The Bertz CT molecular complexity index is 293. The van der Waals surface area contributed by atoms with Gasteiger partial charge in [-0.15, -0.1) is 0 Å². The molecule has 0 aliphatic carbocycles. The fourth-order valence-corrected chi connectivity index (χ4v) is 1.59. The van der Waals surface area contributed by atoms with Gasteiger partial charge in [-0.2, -0.15) is 0 Å². The monoisotopic (exact) mass is 224 g/mol. The fraction of sp³-hybridized carbons (Fsp3) is 0.538. The van der Waals surface area contributed by atoms with E-state index in [1.165, 1.54) is 0 Å². The molecule has 0 bridgehead atoms. The largest absolute Gasteiger partial charge is 0.496 e. The van der Waals surface area contributed by atoms with E-state index in [9.17, 15) is 0 Å². The highest BCUT2D eigenvalue weighted by Gasteiger charge is 2.11. The Morgan fingerprint density at radius 3 is 2.25 bits per heavy atom. The van der Waals surface area contributed by atoms with Crippen LogP contribution >= 0.6 is 0 Å². The number of hydrogen-bond donors (Lipinski definition) is 0. The van der Waals surface area contributed by atoms with Crippen LogP contribution < -0.4 is 4.74 Å². The van der Waals surface area contributed by atoms with E-state index in [2.05, 4.69) is 0 Å². The van der Waals surface area contributed by atoms with Gasteiger partial charge in [-0.25, -0.2) is 0 Å². The topological polar surface area (TPSA) is 27.7 Å². The maximum Gasteiger partial charge on any atom is 0.161 e. The van der Waals surface area contributed by atoms with Gasteiger partial charge in [-0.1, -0.05) is 18.2 Å². The maximum atomic E-state index is 5.51. The van der Waals surface area contributed by atoms with Gasteiger partial charge in [0.05, 0.1) is 7.11 Å². The lowest BCUT2D eigenvalue weighted by Gasteiger charge is -2.18. The van der Waals surface area contributed by atoms with E-state index in [-0.39, 0.29) is 6.29 Å². The molecule has 1 rings (SSSR count). The first-order valence-electron chi connectivity index (χ1n) is 5.66. The zero-order chi connectivity index (χ0) is 11.8. The van der Waals surface area contributed by atoms with Gasteiger partial charge in [0.25, 0.3) is 0 Å². The second-order valence-electron chi connectivity index (χ2n) is 3.36. The quantitative estimate of drug-likeness (QED) is 0.666. The normalized spacial score (nSPS) is 10.8. The van der Waals surface area contributed by atoms with Crippen LogP contribution in [0.3, 0.4) is 0 Å². The summed E-state index contributed by atoms with van der Waals surface area (Å²) in [4.78, 5) is 0. The van der Waals surface area contributed by atoms with Crippen molar-refractivity contribution in [3.05, 3.63) is 29.8 Å². The fourth-order valence-electron chi connectivity index (χ4n) is 1.59. The number of methoxy groups -OCH3 is 1. The summed E-state index contributed by atoms with van der Waals surface area (Å²) in [5, 5.41) is 0.